The van der Waals surface area contributed by atoms with Crippen LogP contribution in [0.25, 0.3) is 16.6 Å². The summed E-state index contributed by atoms with van der Waals surface area (Å²) in [6, 6.07) is 6.21. The highest BCUT2D eigenvalue weighted by atomic mass is 16.2. The second-order valence-corrected chi connectivity index (χ2v) is 7.73. The number of nitriles is 1. The maximum Gasteiger partial charge on any atom is 0.237 e. The fourth-order valence-corrected chi connectivity index (χ4v) is 4.15. The molecule has 7 heteroatoms. The highest BCUT2D eigenvalue weighted by Gasteiger charge is 2.31. The highest BCUT2D eigenvalue weighted by molar-refractivity contribution is 5.94. The third kappa shape index (κ3) is 3.75. The molecular formula is C22H25N5O2. The third-order valence-corrected chi connectivity index (χ3v) is 5.73. The summed E-state index contributed by atoms with van der Waals surface area (Å²) in [4.78, 5) is 35.4. The van der Waals surface area contributed by atoms with Gasteiger partial charge in [-0.2, -0.15) is 5.26 Å². The van der Waals surface area contributed by atoms with Gasteiger partial charge in [-0.25, -0.2) is 4.98 Å². The second kappa shape index (κ2) is 8.08. The van der Waals surface area contributed by atoms with Crippen LogP contribution in [0.5, 0.6) is 0 Å². The first-order valence-corrected chi connectivity index (χ1v) is 10.3. The summed E-state index contributed by atoms with van der Waals surface area (Å²) in [6.45, 7) is 2.70. The first kappa shape index (κ1) is 19.2. The lowest BCUT2D eigenvalue weighted by atomic mass is 9.92. The Morgan fingerprint density at radius 2 is 2.31 bits per heavy atom. The molecule has 0 radical (unpaired) electrons. The lowest BCUT2D eigenvalue weighted by Crippen LogP contribution is -2.42. The first-order valence-electron chi connectivity index (χ1n) is 10.3. The van der Waals surface area contributed by atoms with Gasteiger partial charge >= 0.3 is 0 Å². The van der Waals surface area contributed by atoms with Crippen molar-refractivity contribution in [3.8, 4) is 6.07 Å². The van der Waals surface area contributed by atoms with Crippen molar-refractivity contribution in [1.82, 2.24) is 14.9 Å². The van der Waals surface area contributed by atoms with E-state index in [0.717, 1.165) is 48.7 Å². The molecule has 2 aromatic rings. The molecule has 1 aliphatic heterocycles. The number of H-pyrrole nitrogens is 1. The van der Waals surface area contributed by atoms with Crippen molar-refractivity contribution in [2.45, 2.75) is 57.5 Å². The van der Waals surface area contributed by atoms with Crippen LogP contribution in [-0.2, 0) is 9.59 Å². The van der Waals surface area contributed by atoms with Gasteiger partial charge in [0.1, 0.15) is 17.9 Å². The van der Waals surface area contributed by atoms with Gasteiger partial charge in [-0.1, -0.05) is 19.4 Å². The number of nitrogens with zero attached hydrogens (tertiary/aromatic N) is 4. The maximum atomic E-state index is 12.4. The minimum Gasteiger partial charge on any atom is -0.346 e. The molecule has 0 saturated heterocycles. The van der Waals surface area contributed by atoms with Crippen LogP contribution >= 0.6 is 0 Å². The Bertz CT molecular complexity index is 998. The summed E-state index contributed by atoms with van der Waals surface area (Å²) in [5.74, 6) is 0.563. The van der Waals surface area contributed by atoms with E-state index in [1.54, 1.807) is 4.90 Å². The predicted octanol–water partition coefficient (Wildman–Crippen LogP) is 3.39. The van der Waals surface area contributed by atoms with Crippen LogP contribution in [-0.4, -0.2) is 45.8 Å². The summed E-state index contributed by atoms with van der Waals surface area (Å²) in [5.41, 5.74) is 2.99. The van der Waals surface area contributed by atoms with Crippen molar-refractivity contribution in [2.24, 2.45) is 0 Å². The predicted molar refractivity (Wildman–Crippen MR) is 111 cm³/mol. The van der Waals surface area contributed by atoms with Crippen molar-refractivity contribution in [3.05, 3.63) is 30.0 Å². The van der Waals surface area contributed by atoms with Crippen LogP contribution in [0, 0.1) is 11.3 Å². The molecule has 7 nitrogen and oxygen atoms in total. The Hall–Kier alpha value is -3.14. The zero-order valence-corrected chi connectivity index (χ0v) is 16.6. The molecule has 0 spiro atoms. The molecule has 1 aliphatic carbocycles. The third-order valence-electron chi connectivity index (χ3n) is 5.73. The number of fused-ring (bicyclic) bond motifs is 1. The quantitative estimate of drug-likeness (QED) is 0.732. The van der Waals surface area contributed by atoms with Gasteiger partial charge in [0, 0.05) is 24.2 Å². The number of carbonyl (C=O) groups excluding carboxylic acids is 2. The SMILES string of the molecule is CCCC1C=C(c2cc(N(C=O)C3CC3)nc3[nH]ccc23)CCN1C(=O)CC#N. The van der Waals surface area contributed by atoms with E-state index >= 15 is 0 Å². The second-order valence-electron chi connectivity index (χ2n) is 7.73. The van der Waals surface area contributed by atoms with Crippen molar-refractivity contribution < 1.29 is 9.59 Å². The van der Waals surface area contributed by atoms with Crippen LogP contribution in [0.4, 0.5) is 5.82 Å². The minimum atomic E-state index is -0.107. The number of aromatic nitrogens is 2. The summed E-state index contributed by atoms with van der Waals surface area (Å²) in [6.07, 6.45) is 9.36. The van der Waals surface area contributed by atoms with Crippen LogP contribution in [0.1, 0.15) is 51.0 Å². The number of hydrogen-bond donors (Lipinski definition) is 1. The van der Waals surface area contributed by atoms with Gasteiger partial charge < -0.3 is 9.88 Å². The van der Waals surface area contributed by atoms with Gasteiger partial charge in [0.05, 0.1) is 12.1 Å². The molecule has 2 aliphatic rings. The fourth-order valence-electron chi connectivity index (χ4n) is 4.15. The Balaban J connectivity index is 1.74. The number of carbonyl (C=O) groups is 2. The van der Waals surface area contributed by atoms with E-state index in [-0.39, 0.29) is 24.4 Å². The lowest BCUT2D eigenvalue weighted by Gasteiger charge is -2.34. The molecule has 4 rings (SSSR count). The molecule has 1 atom stereocenters. The normalized spacial score (nSPS) is 19.0. The number of nitrogens with one attached hydrogen (secondary N) is 1. The number of hydrogen-bond acceptors (Lipinski definition) is 4. The van der Waals surface area contributed by atoms with Gasteiger partial charge in [-0.15, -0.1) is 0 Å². The largest absolute Gasteiger partial charge is 0.346 e. The van der Waals surface area contributed by atoms with Crippen molar-refractivity contribution >= 4 is 34.7 Å². The number of amides is 2. The van der Waals surface area contributed by atoms with E-state index in [1.807, 2.05) is 29.3 Å². The minimum absolute atomic E-state index is 0.0131. The molecule has 0 aromatic carbocycles. The maximum absolute atomic E-state index is 12.4. The van der Waals surface area contributed by atoms with E-state index in [0.29, 0.717) is 18.8 Å². The molecule has 1 fully saturated rings. The van der Waals surface area contributed by atoms with Gasteiger partial charge in [0.15, 0.2) is 0 Å². The first-order chi connectivity index (χ1) is 14.2. The van der Waals surface area contributed by atoms with E-state index in [9.17, 15) is 9.59 Å². The molecule has 2 amide bonds. The molecule has 29 heavy (non-hydrogen) atoms. The van der Waals surface area contributed by atoms with Gasteiger partial charge in [-0.3, -0.25) is 14.5 Å². The summed E-state index contributed by atoms with van der Waals surface area (Å²) >= 11 is 0. The summed E-state index contributed by atoms with van der Waals surface area (Å²) < 4.78 is 0. The van der Waals surface area contributed by atoms with E-state index in [1.165, 1.54) is 5.57 Å². The van der Waals surface area contributed by atoms with Crippen molar-refractivity contribution in [2.75, 3.05) is 11.4 Å². The monoisotopic (exact) mass is 391 g/mol. The van der Waals surface area contributed by atoms with Gasteiger partial charge in [-0.05, 0) is 49.0 Å². The van der Waals surface area contributed by atoms with Crippen LogP contribution in [0.3, 0.4) is 0 Å². The molecule has 1 N–H and O–H groups in total. The summed E-state index contributed by atoms with van der Waals surface area (Å²) in [5, 5.41) is 9.93. The number of rotatable bonds is 7. The van der Waals surface area contributed by atoms with Crippen molar-refractivity contribution in [3.63, 3.8) is 0 Å². The zero-order valence-electron chi connectivity index (χ0n) is 16.6. The Morgan fingerprint density at radius 1 is 1.48 bits per heavy atom. The topological polar surface area (TPSA) is 93.1 Å². The fraction of sp³-hybridized carbons (Fsp3) is 0.455. The summed E-state index contributed by atoms with van der Waals surface area (Å²) in [7, 11) is 0. The van der Waals surface area contributed by atoms with Crippen LogP contribution < -0.4 is 4.90 Å². The Labute approximate surface area is 170 Å². The number of anilines is 1. The van der Waals surface area contributed by atoms with Crippen molar-refractivity contribution in [1.29, 1.82) is 5.26 Å². The molecule has 0 bridgehead atoms. The average molecular weight is 391 g/mol. The van der Waals surface area contributed by atoms with E-state index < -0.39 is 0 Å². The Kier molecular flexibility index (Phi) is 5.34. The van der Waals surface area contributed by atoms with E-state index in [2.05, 4.69) is 23.0 Å². The van der Waals surface area contributed by atoms with Crippen LogP contribution in [0.15, 0.2) is 24.4 Å². The molecule has 150 valence electrons. The number of aromatic amines is 1. The van der Waals surface area contributed by atoms with E-state index in [4.69, 9.17) is 5.26 Å². The number of pyridine rings is 1. The average Bonchev–Trinajstić information content (AvgIpc) is 3.44. The smallest absolute Gasteiger partial charge is 0.237 e. The van der Waals surface area contributed by atoms with Crippen LogP contribution in [0.2, 0.25) is 0 Å². The lowest BCUT2D eigenvalue weighted by molar-refractivity contribution is -0.131. The molecule has 3 heterocycles. The zero-order chi connectivity index (χ0) is 20.4. The van der Waals surface area contributed by atoms with Gasteiger partial charge in [0.25, 0.3) is 0 Å². The standard InChI is InChI=1S/C22H25N5O2/c1-2-3-17-12-15(8-11-26(17)21(29)6-9-23)19-13-20(27(14-28)16-4-5-16)25-22-18(19)7-10-24-22/h7,10,12-14,16-17H,2-6,8,11H2,1H3,(H,24,25). The molecule has 1 saturated carbocycles. The molecule has 1 unspecified atom stereocenters. The molecule has 2 aromatic heterocycles. The highest BCUT2D eigenvalue weighted by Crippen LogP contribution is 2.36. The Morgan fingerprint density at radius 3 is 3.00 bits per heavy atom. The molecular weight excluding hydrogens is 366 g/mol. The van der Waals surface area contributed by atoms with Gasteiger partial charge in [0.2, 0.25) is 12.3 Å².